The second kappa shape index (κ2) is 3.25. The van der Waals surface area contributed by atoms with Gasteiger partial charge in [-0.3, -0.25) is 4.90 Å². The first-order valence-electron chi connectivity index (χ1n) is 5.26. The Hall–Kier alpha value is -0.0800. The Kier molecular flexibility index (Phi) is 2.75. The molecule has 1 rings (SSSR count). The average Bonchev–Trinajstić information content (AvgIpc) is 2.80. The molecule has 0 aromatic rings. The topological polar surface area (TPSA) is 29.3 Å². The van der Waals surface area contributed by atoms with Gasteiger partial charge in [-0.05, 0) is 32.2 Å². The normalized spacial score (nSPS) is 23.3. The van der Waals surface area contributed by atoms with E-state index in [1.165, 1.54) is 12.8 Å². The molecule has 2 N–H and O–H groups in total. The molecule has 1 aliphatic carbocycles. The zero-order valence-corrected chi connectivity index (χ0v) is 9.72. The van der Waals surface area contributed by atoms with Crippen LogP contribution >= 0.6 is 0 Å². The third-order valence-electron chi connectivity index (χ3n) is 3.79. The number of likely N-dealkylation sites (N-methyl/N-ethyl adjacent to an activating group) is 1. The lowest BCUT2D eigenvalue weighted by molar-refractivity contribution is 0.0879. The molecule has 0 radical (unpaired) electrons. The highest BCUT2D eigenvalue weighted by molar-refractivity contribution is 5.05. The van der Waals surface area contributed by atoms with E-state index in [2.05, 4.69) is 39.6 Å². The third kappa shape index (κ3) is 2.05. The van der Waals surface area contributed by atoms with Gasteiger partial charge in [-0.2, -0.15) is 0 Å². The number of nitrogens with two attached hydrogens (primary N) is 1. The van der Waals surface area contributed by atoms with E-state index in [1.54, 1.807) is 0 Å². The van der Waals surface area contributed by atoms with Crippen LogP contribution < -0.4 is 5.73 Å². The van der Waals surface area contributed by atoms with Crippen LogP contribution in [-0.2, 0) is 0 Å². The molecule has 0 aromatic heterocycles. The summed E-state index contributed by atoms with van der Waals surface area (Å²) >= 11 is 0. The summed E-state index contributed by atoms with van der Waals surface area (Å²) < 4.78 is 0. The van der Waals surface area contributed by atoms with Gasteiger partial charge in [0, 0.05) is 18.1 Å². The zero-order chi connectivity index (χ0) is 10.3. The lowest BCUT2D eigenvalue weighted by Gasteiger charge is -2.40. The van der Waals surface area contributed by atoms with Crippen LogP contribution in [0.5, 0.6) is 0 Å². The minimum Gasteiger partial charge on any atom is -0.329 e. The summed E-state index contributed by atoms with van der Waals surface area (Å²) in [5.74, 6) is 0. The molecule has 0 heterocycles. The fraction of sp³-hybridized carbons (Fsp3) is 1.00. The maximum Gasteiger partial charge on any atom is 0.0333 e. The number of hydrogen-bond donors (Lipinski definition) is 1. The van der Waals surface area contributed by atoms with Crippen molar-refractivity contribution in [3.8, 4) is 0 Å². The van der Waals surface area contributed by atoms with E-state index in [9.17, 15) is 0 Å². The van der Waals surface area contributed by atoms with Gasteiger partial charge in [0.15, 0.2) is 0 Å². The molecule has 0 saturated heterocycles. The van der Waals surface area contributed by atoms with Crippen molar-refractivity contribution in [2.24, 2.45) is 11.1 Å². The Balaban J connectivity index is 2.62. The smallest absolute Gasteiger partial charge is 0.0333 e. The zero-order valence-electron chi connectivity index (χ0n) is 9.72. The minimum absolute atomic E-state index is 0.340. The van der Waals surface area contributed by atoms with Crippen molar-refractivity contribution in [2.75, 3.05) is 13.6 Å². The Morgan fingerprint density at radius 1 is 1.38 bits per heavy atom. The molecule has 1 saturated carbocycles. The Labute approximate surface area is 82.5 Å². The summed E-state index contributed by atoms with van der Waals surface area (Å²) in [6.07, 6.45) is 2.56. The van der Waals surface area contributed by atoms with Gasteiger partial charge in [0.2, 0.25) is 0 Å². The molecule has 0 aromatic carbocycles. The van der Waals surface area contributed by atoms with E-state index >= 15 is 0 Å². The molecule has 1 aliphatic rings. The van der Waals surface area contributed by atoms with E-state index in [0.29, 0.717) is 17.0 Å². The molecular formula is C11H24N2. The van der Waals surface area contributed by atoms with Gasteiger partial charge in [-0.25, -0.2) is 0 Å². The lowest BCUT2D eigenvalue weighted by atomic mass is 9.86. The summed E-state index contributed by atoms with van der Waals surface area (Å²) in [7, 11) is 2.22. The maximum atomic E-state index is 5.81. The standard InChI is InChI=1S/C11H24N2/c1-9(10(2,3)4)13(5)11(8-12)6-7-11/h9H,6-8,12H2,1-5H3. The molecule has 0 aliphatic heterocycles. The van der Waals surface area contributed by atoms with Crippen molar-refractivity contribution in [1.82, 2.24) is 4.90 Å². The van der Waals surface area contributed by atoms with Crippen LogP contribution in [0.2, 0.25) is 0 Å². The summed E-state index contributed by atoms with van der Waals surface area (Å²) in [6.45, 7) is 9.99. The highest BCUT2D eigenvalue weighted by Crippen LogP contribution is 2.43. The fourth-order valence-electron chi connectivity index (χ4n) is 1.84. The highest BCUT2D eigenvalue weighted by atomic mass is 15.2. The first-order valence-corrected chi connectivity index (χ1v) is 5.26. The maximum absolute atomic E-state index is 5.81. The summed E-state index contributed by atoms with van der Waals surface area (Å²) in [4.78, 5) is 2.48. The van der Waals surface area contributed by atoms with Gasteiger partial charge in [0.05, 0.1) is 0 Å². The largest absolute Gasteiger partial charge is 0.329 e. The molecule has 0 bridgehead atoms. The van der Waals surface area contributed by atoms with Crippen molar-refractivity contribution in [2.45, 2.75) is 52.1 Å². The van der Waals surface area contributed by atoms with Crippen LogP contribution in [0.25, 0.3) is 0 Å². The Bertz CT molecular complexity index is 177. The van der Waals surface area contributed by atoms with E-state index in [1.807, 2.05) is 0 Å². The van der Waals surface area contributed by atoms with Crippen molar-refractivity contribution in [3.05, 3.63) is 0 Å². The molecule has 1 atom stereocenters. The minimum atomic E-state index is 0.340. The van der Waals surface area contributed by atoms with Crippen LogP contribution in [0.3, 0.4) is 0 Å². The van der Waals surface area contributed by atoms with E-state index < -0.39 is 0 Å². The van der Waals surface area contributed by atoms with Crippen molar-refractivity contribution >= 4 is 0 Å². The van der Waals surface area contributed by atoms with Crippen molar-refractivity contribution in [1.29, 1.82) is 0 Å². The molecule has 2 heteroatoms. The first kappa shape index (κ1) is 11.0. The SMILES string of the molecule is CC(N(C)C1(CN)CC1)C(C)(C)C. The van der Waals surface area contributed by atoms with Gasteiger partial charge in [-0.15, -0.1) is 0 Å². The molecule has 1 unspecified atom stereocenters. The van der Waals surface area contributed by atoms with E-state index in [0.717, 1.165) is 6.54 Å². The van der Waals surface area contributed by atoms with Gasteiger partial charge in [0.25, 0.3) is 0 Å². The van der Waals surface area contributed by atoms with Crippen LogP contribution in [0.4, 0.5) is 0 Å². The molecule has 78 valence electrons. The summed E-state index contributed by atoms with van der Waals surface area (Å²) in [5.41, 5.74) is 6.50. The second-order valence-corrected chi connectivity index (χ2v) is 5.58. The number of nitrogens with zero attached hydrogens (tertiary/aromatic N) is 1. The van der Waals surface area contributed by atoms with E-state index in [4.69, 9.17) is 5.73 Å². The first-order chi connectivity index (χ1) is 5.83. The monoisotopic (exact) mass is 184 g/mol. The van der Waals surface area contributed by atoms with Crippen molar-refractivity contribution < 1.29 is 0 Å². The Morgan fingerprint density at radius 2 is 1.85 bits per heavy atom. The molecule has 2 nitrogen and oxygen atoms in total. The highest BCUT2D eigenvalue weighted by Gasteiger charge is 2.48. The van der Waals surface area contributed by atoms with Gasteiger partial charge >= 0.3 is 0 Å². The van der Waals surface area contributed by atoms with Crippen LogP contribution in [0.15, 0.2) is 0 Å². The lowest BCUT2D eigenvalue weighted by Crippen LogP contribution is -2.49. The van der Waals surface area contributed by atoms with Gasteiger partial charge in [0.1, 0.15) is 0 Å². The van der Waals surface area contributed by atoms with Gasteiger partial charge < -0.3 is 5.73 Å². The summed E-state index contributed by atoms with van der Waals surface area (Å²) in [5, 5.41) is 0. The fourth-order valence-corrected chi connectivity index (χ4v) is 1.84. The number of rotatable bonds is 3. The molecule has 0 spiro atoms. The number of hydrogen-bond acceptors (Lipinski definition) is 2. The quantitative estimate of drug-likeness (QED) is 0.725. The Morgan fingerprint density at radius 3 is 2.08 bits per heavy atom. The predicted molar refractivity (Wildman–Crippen MR) is 57.7 cm³/mol. The molecule has 1 fully saturated rings. The molecule has 13 heavy (non-hydrogen) atoms. The van der Waals surface area contributed by atoms with Crippen LogP contribution in [-0.4, -0.2) is 30.1 Å². The second-order valence-electron chi connectivity index (χ2n) is 5.58. The molecular weight excluding hydrogens is 160 g/mol. The third-order valence-corrected chi connectivity index (χ3v) is 3.79. The average molecular weight is 184 g/mol. The summed E-state index contributed by atoms with van der Waals surface area (Å²) in [6, 6.07) is 0.596. The van der Waals surface area contributed by atoms with E-state index in [-0.39, 0.29) is 0 Å². The van der Waals surface area contributed by atoms with Crippen LogP contribution in [0.1, 0.15) is 40.5 Å². The predicted octanol–water partition coefficient (Wildman–Crippen LogP) is 1.84. The van der Waals surface area contributed by atoms with Crippen molar-refractivity contribution in [3.63, 3.8) is 0 Å². The molecule has 0 amide bonds. The van der Waals surface area contributed by atoms with Gasteiger partial charge in [-0.1, -0.05) is 20.8 Å². The van der Waals surface area contributed by atoms with Crippen LogP contribution in [0, 0.1) is 5.41 Å².